The Bertz CT molecular complexity index is 485. The number of hydrogen-bond acceptors (Lipinski definition) is 4. The zero-order valence-corrected chi connectivity index (χ0v) is 13.4. The molecule has 0 radical (unpaired) electrons. The summed E-state index contributed by atoms with van der Waals surface area (Å²) in [7, 11) is -3.43. The second-order valence-electron chi connectivity index (χ2n) is 4.86. The van der Waals surface area contributed by atoms with Crippen molar-refractivity contribution in [3.8, 4) is 5.75 Å². The summed E-state index contributed by atoms with van der Waals surface area (Å²) < 4.78 is 32.1. The van der Waals surface area contributed by atoms with Crippen LogP contribution in [0, 0.1) is 0 Å². The van der Waals surface area contributed by atoms with Crippen LogP contribution in [0.3, 0.4) is 0 Å². The third-order valence-corrected chi connectivity index (χ3v) is 4.50. The maximum atomic E-state index is 12.1. The zero-order chi connectivity index (χ0) is 15.6. The molecular formula is C15H25NO4S. The third-order valence-electron chi connectivity index (χ3n) is 3.03. The van der Waals surface area contributed by atoms with E-state index in [2.05, 4.69) is 11.6 Å². The molecule has 1 aromatic carbocycles. The van der Waals surface area contributed by atoms with E-state index in [4.69, 9.17) is 9.84 Å². The highest BCUT2D eigenvalue weighted by Crippen LogP contribution is 2.16. The van der Waals surface area contributed by atoms with Crippen LogP contribution in [-0.4, -0.2) is 33.3 Å². The molecule has 0 heterocycles. The molecule has 0 fully saturated rings. The molecule has 1 rings (SSSR count). The van der Waals surface area contributed by atoms with Gasteiger partial charge in [-0.25, -0.2) is 13.1 Å². The van der Waals surface area contributed by atoms with Gasteiger partial charge in [-0.3, -0.25) is 0 Å². The van der Waals surface area contributed by atoms with Gasteiger partial charge in [-0.2, -0.15) is 0 Å². The summed E-state index contributed by atoms with van der Waals surface area (Å²) in [4.78, 5) is 0.243. The first-order chi connectivity index (χ1) is 10.1. The molecule has 0 aromatic heterocycles. The van der Waals surface area contributed by atoms with Crippen LogP contribution in [0.4, 0.5) is 0 Å². The fourth-order valence-corrected chi connectivity index (χ4v) is 2.89. The van der Waals surface area contributed by atoms with Crippen molar-refractivity contribution >= 4 is 10.0 Å². The molecule has 0 spiro atoms. The Kier molecular flexibility index (Phi) is 8.34. The minimum atomic E-state index is -3.43. The second-order valence-corrected chi connectivity index (χ2v) is 6.62. The summed E-state index contributed by atoms with van der Waals surface area (Å²) in [5, 5.41) is 8.66. The number of ether oxygens (including phenoxy) is 1. The molecule has 5 nitrogen and oxygen atoms in total. The van der Waals surface area contributed by atoms with Crippen molar-refractivity contribution in [2.45, 2.75) is 43.9 Å². The highest BCUT2D eigenvalue weighted by Gasteiger charge is 2.12. The van der Waals surface area contributed by atoms with E-state index in [-0.39, 0.29) is 11.5 Å². The minimum absolute atomic E-state index is 0.0778. The molecule has 1 aromatic rings. The summed E-state index contributed by atoms with van der Waals surface area (Å²) in [6, 6.07) is 6.32. The normalized spacial score (nSPS) is 11.5. The van der Waals surface area contributed by atoms with Crippen LogP contribution < -0.4 is 9.46 Å². The number of rotatable bonds is 11. The Morgan fingerprint density at radius 2 is 1.81 bits per heavy atom. The van der Waals surface area contributed by atoms with Gasteiger partial charge in [-0.1, -0.05) is 26.2 Å². The van der Waals surface area contributed by atoms with Crippen LogP contribution in [0.25, 0.3) is 0 Å². The Labute approximate surface area is 127 Å². The first-order valence-corrected chi connectivity index (χ1v) is 8.92. The molecular weight excluding hydrogens is 290 g/mol. The molecule has 0 amide bonds. The lowest BCUT2D eigenvalue weighted by Gasteiger charge is -2.08. The van der Waals surface area contributed by atoms with Gasteiger partial charge in [0.2, 0.25) is 10.0 Å². The van der Waals surface area contributed by atoms with Crippen molar-refractivity contribution in [2.75, 3.05) is 19.8 Å². The lowest BCUT2D eigenvalue weighted by Crippen LogP contribution is -2.24. The molecule has 0 saturated carbocycles. The molecule has 2 N–H and O–H groups in total. The smallest absolute Gasteiger partial charge is 0.240 e. The highest BCUT2D eigenvalue weighted by molar-refractivity contribution is 7.89. The van der Waals surface area contributed by atoms with Crippen LogP contribution in [0.15, 0.2) is 29.2 Å². The van der Waals surface area contributed by atoms with Gasteiger partial charge in [0.05, 0.1) is 11.5 Å². The van der Waals surface area contributed by atoms with E-state index in [0.717, 1.165) is 25.7 Å². The number of aliphatic hydroxyl groups excluding tert-OH is 1. The number of benzene rings is 1. The van der Waals surface area contributed by atoms with Crippen LogP contribution >= 0.6 is 0 Å². The first-order valence-electron chi connectivity index (χ1n) is 7.43. The van der Waals surface area contributed by atoms with Gasteiger partial charge < -0.3 is 9.84 Å². The molecule has 0 aliphatic heterocycles. The Morgan fingerprint density at radius 3 is 2.43 bits per heavy atom. The fraction of sp³-hybridized carbons (Fsp3) is 0.600. The molecule has 0 saturated heterocycles. The quantitative estimate of drug-likeness (QED) is 0.614. The molecule has 0 aliphatic carbocycles. The average Bonchev–Trinajstić information content (AvgIpc) is 2.48. The first kappa shape index (κ1) is 17.9. The van der Waals surface area contributed by atoms with Crippen molar-refractivity contribution in [3.05, 3.63) is 24.3 Å². The van der Waals surface area contributed by atoms with Gasteiger partial charge in [0.15, 0.2) is 0 Å². The molecule has 6 heteroatoms. The summed E-state index contributed by atoms with van der Waals surface area (Å²) >= 11 is 0. The molecule has 0 atom stereocenters. The molecule has 21 heavy (non-hydrogen) atoms. The van der Waals surface area contributed by atoms with Crippen LogP contribution in [0.2, 0.25) is 0 Å². The van der Waals surface area contributed by atoms with E-state index in [9.17, 15) is 8.42 Å². The molecule has 0 aliphatic rings. The van der Waals surface area contributed by atoms with E-state index in [1.807, 2.05) is 0 Å². The number of hydrogen-bond donors (Lipinski definition) is 2. The summed E-state index contributed by atoms with van der Waals surface area (Å²) in [5.41, 5.74) is 0. The minimum Gasteiger partial charge on any atom is -0.494 e. The topological polar surface area (TPSA) is 75.6 Å². The standard InChI is InChI=1S/C15H25NO4S/c1-2-3-4-5-11-16-21(18,19)15-9-7-14(8-10-15)20-13-6-12-17/h7-10,16-17H,2-6,11-13H2,1H3. The van der Waals surface area contributed by atoms with Crippen molar-refractivity contribution in [2.24, 2.45) is 0 Å². The monoisotopic (exact) mass is 315 g/mol. The molecule has 120 valence electrons. The van der Waals surface area contributed by atoms with Crippen LogP contribution in [-0.2, 0) is 10.0 Å². The van der Waals surface area contributed by atoms with Gasteiger partial charge in [0.25, 0.3) is 0 Å². The van der Waals surface area contributed by atoms with Crippen LogP contribution in [0.5, 0.6) is 5.75 Å². The van der Waals surface area contributed by atoms with Crippen molar-refractivity contribution in [1.29, 1.82) is 0 Å². The summed E-state index contributed by atoms with van der Waals surface area (Å²) in [5.74, 6) is 0.602. The summed E-state index contributed by atoms with van der Waals surface area (Å²) in [6.45, 7) is 3.08. The van der Waals surface area contributed by atoms with Gasteiger partial charge in [-0.15, -0.1) is 0 Å². The maximum Gasteiger partial charge on any atom is 0.240 e. The number of sulfonamides is 1. The van der Waals surface area contributed by atoms with E-state index < -0.39 is 10.0 Å². The van der Waals surface area contributed by atoms with Gasteiger partial charge in [-0.05, 0) is 30.7 Å². The van der Waals surface area contributed by atoms with Crippen molar-refractivity contribution in [1.82, 2.24) is 4.72 Å². The number of aliphatic hydroxyl groups is 1. The van der Waals surface area contributed by atoms with E-state index >= 15 is 0 Å². The third kappa shape index (κ3) is 6.93. The molecule has 0 unspecified atom stereocenters. The lowest BCUT2D eigenvalue weighted by atomic mass is 10.2. The van der Waals surface area contributed by atoms with Gasteiger partial charge in [0.1, 0.15) is 5.75 Å². The van der Waals surface area contributed by atoms with Gasteiger partial charge >= 0.3 is 0 Å². The average molecular weight is 315 g/mol. The van der Waals surface area contributed by atoms with E-state index in [0.29, 0.717) is 25.3 Å². The SMILES string of the molecule is CCCCCCNS(=O)(=O)c1ccc(OCCCO)cc1. The van der Waals surface area contributed by atoms with Gasteiger partial charge in [0, 0.05) is 19.6 Å². The van der Waals surface area contributed by atoms with E-state index in [1.54, 1.807) is 12.1 Å². The van der Waals surface area contributed by atoms with Crippen molar-refractivity contribution < 1.29 is 18.3 Å². The Morgan fingerprint density at radius 1 is 1.10 bits per heavy atom. The predicted octanol–water partition coefficient (Wildman–Crippen LogP) is 2.31. The maximum absolute atomic E-state index is 12.1. The number of unbranched alkanes of at least 4 members (excludes halogenated alkanes) is 3. The number of nitrogens with one attached hydrogen (secondary N) is 1. The Balaban J connectivity index is 2.47. The van der Waals surface area contributed by atoms with Crippen molar-refractivity contribution in [3.63, 3.8) is 0 Å². The Hall–Kier alpha value is -1.11. The highest BCUT2D eigenvalue weighted by atomic mass is 32.2. The predicted molar refractivity (Wildman–Crippen MR) is 83.0 cm³/mol. The zero-order valence-electron chi connectivity index (χ0n) is 12.5. The van der Waals surface area contributed by atoms with E-state index in [1.165, 1.54) is 12.1 Å². The molecule has 0 bridgehead atoms. The second kappa shape index (κ2) is 9.76. The fourth-order valence-electron chi connectivity index (χ4n) is 1.81. The largest absolute Gasteiger partial charge is 0.494 e. The summed E-state index contributed by atoms with van der Waals surface area (Å²) in [6.07, 6.45) is 4.71. The van der Waals surface area contributed by atoms with Crippen LogP contribution in [0.1, 0.15) is 39.0 Å². The lowest BCUT2D eigenvalue weighted by molar-refractivity contribution is 0.233.